The average molecular weight is 249 g/mol. The van der Waals surface area contributed by atoms with E-state index in [2.05, 4.69) is 32.7 Å². The maximum absolute atomic E-state index is 10.9. The van der Waals surface area contributed by atoms with Crippen LogP contribution in [0.5, 0.6) is 0 Å². The van der Waals surface area contributed by atoms with E-state index < -0.39 is 0 Å². The summed E-state index contributed by atoms with van der Waals surface area (Å²) < 4.78 is 0. The zero-order chi connectivity index (χ0) is 13.4. The van der Waals surface area contributed by atoms with Gasteiger partial charge in [0.25, 0.3) is 0 Å². The molecule has 2 aliphatic carbocycles. The molecule has 2 heteroatoms. The van der Waals surface area contributed by atoms with Crippen LogP contribution in [0.15, 0.2) is 12.2 Å². The van der Waals surface area contributed by atoms with Crippen LogP contribution >= 0.6 is 0 Å². The van der Waals surface area contributed by atoms with Gasteiger partial charge in [-0.1, -0.05) is 25.5 Å². The molecular formula is C16H27NO. The first-order valence-electron chi connectivity index (χ1n) is 7.28. The smallest absolute Gasteiger partial charge is 0.207 e. The van der Waals surface area contributed by atoms with Gasteiger partial charge in [-0.15, -0.1) is 0 Å². The number of carbonyl (C=O) groups is 1. The normalized spacial score (nSPS) is 43.9. The fraction of sp³-hybridized carbons (Fsp3) is 0.812. The van der Waals surface area contributed by atoms with Crippen LogP contribution in [-0.4, -0.2) is 11.9 Å². The lowest BCUT2D eigenvalue weighted by molar-refractivity contribution is -0.114. The Morgan fingerprint density at radius 3 is 2.67 bits per heavy atom. The molecule has 0 aliphatic heterocycles. The number of carbonyl (C=O) groups excluding carboxylic acids is 1. The van der Waals surface area contributed by atoms with Gasteiger partial charge in [-0.3, -0.25) is 4.79 Å². The minimum absolute atomic E-state index is 0.0110. The molecule has 2 nitrogen and oxygen atoms in total. The Labute approximate surface area is 111 Å². The van der Waals surface area contributed by atoms with Gasteiger partial charge in [-0.05, 0) is 63.2 Å². The topological polar surface area (TPSA) is 29.1 Å². The average Bonchev–Trinajstić information content (AvgIpc) is 2.28. The van der Waals surface area contributed by atoms with Crippen molar-refractivity contribution in [3.8, 4) is 0 Å². The first-order valence-corrected chi connectivity index (χ1v) is 7.28. The number of allylic oxidation sites excluding steroid dienone is 1. The summed E-state index contributed by atoms with van der Waals surface area (Å²) >= 11 is 0. The zero-order valence-corrected chi connectivity index (χ0v) is 12.1. The monoisotopic (exact) mass is 249 g/mol. The molecule has 0 radical (unpaired) electrons. The lowest BCUT2D eigenvalue weighted by Crippen LogP contribution is -2.58. The van der Waals surface area contributed by atoms with E-state index in [1.807, 2.05) is 0 Å². The minimum Gasteiger partial charge on any atom is -0.353 e. The van der Waals surface area contributed by atoms with Crippen molar-refractivity contribution >= 4 is 6.41 Å². The van der Waals surface area contributed by atoms with Gasteiger partial charge in [0.1, 0.15) is 0 Å². The molecule has 0 aromatic carbocycles. The van der Waals surface area contributed by atoms with Crippen LogP contribution in [0.25, 0.3) is 0 Å². The molecule has 0 saturated heterocycles. The van der Waals surface area contributed by atoms with E-state index in [1.54, 1.807) is 0 Å². The Morgan fingerprint density at radius 1 is 1.33 bits per heavy atom. The number of fused-ring (bicyclic) bond motifs is 1. The molecule has 18 heavy (non-hydrogen) atoms. The molecule has 2 fully saturated rings. The highest BCUT2D eigenvalue weighted by molar-refractivity contribution is 5.48. The molecule has 0 spiro atoms. The third-order valence-corrected chi connectivity index (χ3v) is 5.72. The minimum atomic E-state index is -0.0110. The number of rotatable bonds is 3. The number of hydrogen-bond acceptors (Lipinski definition) is 1. The first-order chi connectivity index (χ1) is 8.41. The van der Waals surface area contributed by atoms with Gasteiger partial charge in [0.05, 0.1) is 0 Å². The fourth-order valence-electron chi connectivity index (χ4n) is 4.48. The van der Waals surface area contributed by atoms with Gasteiger partial charge in [0.2, 0.25) is 6.41 Å². The Morgan fingerprint density at radius 2 is 2.06 bits per heavy atom. The molecule has 1 amide bonds. The van der Waals surface area contributed by atoms with E-state index >= 15 is 0 Å². The van der Waals surface area contributed by atoms with Crippen molar-refractivity contribution in [2.24, 2.45) is 17.3 Å². The van der Waals surface area contributed by atoms with Crippen LogP contribution in [0.2, 0.25) is 0 Å². The fourth-order valence-corrected chi connectivity index (χ4v) is 4.48. The van der Waals surface area contributed by atoms with Crippen LogP contribution in [-0.2, 0) is 4.79 Å². The third-order valence-electron chi connectivity index (χ3n) is 5.72. The predicted octanol–water partition coefficient (Wildman–Crippen LogP) is 3.67. The van der Waals surface area contributed by atoms with Gasteiger partial charge < -0.3 is 5.32 Å². The summed E-state index contributed by atoms with van der Waals surface area (Å²) in [5.74, 6) is 1.24. The Balaban J connectivity index is 2.25. The van der Waals surface area contributed by atoms with Crippen LogP contribution in [0.1, 0.15) is 59.3 Å². The summed E-state index contributed by atoms with van der Waals surface area (Å²) in [5, 5.41) is 3.13. The maximum Gasteiger partial charge on any atom is 0.207 e. The van der Waals surface area contributed by atoms with Crippen molar-refractivity contribution in [3.63, 3.8) is 0 Å². The number of nitrogens with one attached hydrogen (secondary N) is 1. The molecule has 2 rings (SSSR count). The van der Waals surface area contributed by atoms with Crippen LogP contribution in [0.4, 0.5) is 0 Å². The van der Waals surface area contributed by atoms with E-state index in [9.17, 15) is 4.79 Å². The molecule has 2 aliphatic rings. The zero-order valence-electron chi connectivity index (χ0n) is 12.1. The molecule has 2 saturated carbocycles. The van der Waals surface area contributed by atoms with Gasteiger partial charge in [-0.2, -0.15) is 0 Å². The quantitative estimate of drug-likeness (QED) is 0.600. The highest BCUT2D eigenvalue weighted by atomic mass is 16.1. The SMILES string of the molecule is C=C(C)[C@@H]1CC[C@@]2(C)CCC[C@](C)(NC=O)[C@@H]2C1. The molecule has 4 atom stereocenters. The standard InChI is InChI=1S/C16H27NO/c1-12(2)13-6-9-15(3)7-5-8-16(4,17-11-18)14(15)10-13/h11,13-14H,1,5-10H2,2-4H3,(H,17,18)/t13-,14-,15-,16+/m1/s1. The van der Waals surface area contributed by atoms with Gasteiger partial charge in [0.15, 0.2) is 0 Å². The largest absolute Gasteiger partial charge is 0.353 e. The maximum atomic E-state index is 10.9. The molecule has 0 aromatic heterocycles. The second kappa shape index (κ2) is 4.71. The van der Waals surface area contributed by atoms with Crippen molar-refractivity contribution in [3.05, 3.63) is 12.2 Å². The number of hydrogen-bond donors (Lipinski definition) is 1. The molecule has 0 bridgehead atoms. The molecule has 1 N–H and O–H groups in total. The summed E-state index contributed by atoms with van der Waals surface area (Å²) in [7, 11) is 0. The van der Waals surface area contributed by atoms with Crippen LogP contribution in [0.3, 0.4) is 0 Å². The van der Waals surface area contributed by atoms with E-state index in [1.165, 1.54) is 37.7 Å². The van der Waals surface area contributed by atoms with Gasteiger partial charge in [-0.25, -0.2) is 0 Å². The van der Waals surface area contributed by atoms with Crippen molar-refractivity contribution in [2.45, 2.75) is 64.8 Å². The van der Waals surface area contributed by atoms with Gasteiger partial charge in [0, 0.05) is 5.54 Å². The second-order valence-corrected chi connectivity index (χ2v) is 7.06. The van der Waals surface area contributed by atoms with E-state index in [4.69, 9.17) is 0 Å². The molecule has 0 unspecified atom stereocenters. The number of amides is 1. The van der Waals surface area contributed by atoms with E-state index in [0.29, 0.717) is 17.3 Å². The second-order valence-electron chi connectivity index (χ2n) is 7.06. The van der Waals surface area contributed by atoms with Crippen LogP contribution in [0, 0.1) is 17.3 Å². The summed E-state index contributed by atoms with van der Waals surface area (Å²) in [6.07, 6.45) is 8.33. The molecular weight excluding hydrogens is 222 g/mol. The van der Waals surface area contributed by atoms with E-state index in [-0.39, 0.29) is 5.54 Å². The lowest BCUT2D eigenvalue weighted by Gasteiger charge is -2.56. The van der Waals surface area contributed by atoms with Crippen molar-refractivity contribution in [1.82, 2.24) is 5.32 Å². The highest BCUT2D eigenvalue weighted by Gasteiger charge is 2.51. The summed E-state index contributed by atoms with van der Waals surface area (Å²) in [5.41, 5.74) is 1.72. The Bertz CT molecular complexity index is 351. The Kier molecular flexibility index (Phi) is 3.57. The molecule has 0 aromatic rings. The molecule has 102 valence electrons. The van der Waals surface area contributed by atoms with Crippen LogP contribution < -0.4 is 5.32 Å². The summed E-state index contributed by atoms with van der Waals surface area (Å²) in [6, 6.07) is 0. The van der Waals surface area contributed by atoms with Crippen molar-refractivity contribution in [1.29, 1.82) is 0 Å². The van der Waals surface area contributed by atoms with Gasteiger partial charge >= 0.3 is 0 Å². The van der Waals surface area contributed by atoms with Crippen molar-refractivity contribution < 1.29 is 4.79 Å². The third kappa shape index (κ3) is 2.22. The molecule has 0 heterocycles. The summed E-state index contributed by atoms with van der Waals surface area (Å²) in [6.45, 7) is 11.0. The van der Waals surface area contributed by atoms with Crippen molar-refractivity contribution in [2.75, 3.05) is 0 Å². The Hall–Kier alpha value is -0.790. The lowest BCUT2D eigenvalue weighted by atomic mass is 9.52. The highest BCUT2D eigenvalue weighted by Crippen LogP contribution is 2.56. The first kappa shape index (κ1) is 13.6. The predicted molar refractivity (Wildman–Crippen MR) is 75.2 cm³/mol. The van der Waals surface area contributed by atoms with E-state index in [0.717, 1.165) is 12.8 Å². The summed E-state index contributed by atoms with van der Waals surface area (Å²) in [4.78, 5) is 10.9.